The average molecular weight is 220 g/mol. The number of H-pyrrole nitrogens is 1. The molecule has 2 aromatic rings. The van der Waals surface area contributed by atoms with E-state index in [9.17, 15) is 4.79 Å². The summed E-state index contributed by atoms with van der Waals surface area (Å²) in [4.78, 5) is 14.3. The summed E-state index contributed by atoms with van der Waals surface area (Å²) in [5.41, 5.74) is 7.18. The smallest absolute Gasteiger partial charge is 0.356 e. The van der Waals surface area contributed by atoms with Crippen LogP contribution in [0, 0.1) is 0 Å². The second-order valence-electron chi connectivity index (χ2n) is 3.29. The fourth-order valence-corrected chi connectivity index (χ4v) is 1.64. The van der Waals surface area contributed by atoms with Crippen molar-refractivity contribution in [3.8, 4) is 5.75 Å². The van der Waals surface area contributed by atoms with Gasteiger partial charge in [-0.25, -0.2) is 4.79 Å². The van der Waals surface area contributed by atoms with Gasteiger partial charge in [-0.2, -0.15) is 0 Å². The Morgan fingerprint density at radius 1 is 1.38 bits per heavy atom. The molecule has 1 aromatic heterocycles. The molecule has 0 bridgehead atoms. The second kappa shape index (κ2) is 3.77. The minimum atomic E-state index is -0.490. The number of anilines is 1. The first-order valence-corrected chi connectivity index (χ1v) is 4.71. The van der Waals surface area contributed by atoms with Crippen LogP contribution in [-0.4, -0.2) is 25.2 Å². The van der Waals surface area contributed by atoms with Crippen LogP contribution in [0.1, 0.15) is 10.5 Å². The highest BCUT2D eigenvalue weighted by Gasteiger charge is 2.17. The number of aromatic amines is 1. The Morgan fingerprint density at radius 3 is 2.75 bits per heavy atom. The molecule has 16 heavy (non-hydrogen) atoms. The number of methoxy groups -OCH3 is 2. The molecule has 5 nitrogen and oxygen atoms in total. The zero-order chi connectivity index (χ0) is 11.7. The van der Waals surface area contributed by atoms with Gasteiger partial charge in [-0.1, -0.05) is 12.1 Å². The molecule has 2 rings (SSSR count). The molecule has 84 valence electrons. The van der Waals surface area contributed by atoms with Crippen molar-refractivity contribution in [2.24, 2.45) is 0 Å². The van der Waals surface area contributed by atoms with Gasteiger partial charge in [0.25, 0.3) is 0 Å². The molecular weight excluding hydrogens is 208 g/mol. The van der Waals surface area contributed by atoms with Gasteiger partial charge in [0, 0.05) is 5.39 Å². The van der Waals surface area contributed by atoms with E-state index in [-0.39, 0.29) is 5.69 Å². The Morgan fingerprint density at radius 2 is 2.12 bits per heavy atom. The average Bonchev–Trinajstić information content (AvgIpc) is 2.66. The number of carbonyl (C=O) groups is 1. The third-order valence-corrected chi connectivity index (χ3v) is 2.45. The summed E-state index contributed by atoms with van der Waals surface area (Å²) in [6, 6.07) is 5.42. The SMILES string of the molecule is COC(=O)c1[nH]c2c(OC)cccc2c1N. The molecule has 0 saturated heterocycles. The summed E-state index contributed by atoms with van der Waals surface area (Å²) in [7, 11) is 2.87. The molecule has 5 heteroatoms. The molecular formula is C11H12N2O3. The van der Waals surface area contributed by atoms with E-state index in [0.29, 0.717) is 17.0 Å². The zero-order valence-corrected chi connectivity index (χ0v) is 9.03. The van der Waals surface area contributed by atoms with Crippen molar-refractivity contribution in [1.82, 2.24) is 4.98 Å². The van der Waals surface area contributed by atoms with Gasteiger partial charge >= 0.3 is 5.97 Å². The standard InChI is InChI=1S/C11H12N2O3/c1-15-7-5-3-4-6-8(12)10(11(14)16-2)13-9(6)7/h3-5,13H,12H2,1-2H3. The number of fused-ring (bicyclic) bond motifs is 1. The van der Waals surface area contributed by atoms with E-state index in [0.717, 1.165) is 5.39 Å². The fraction of sp³-hybridized carbons (Fsp3) is 0.182. The Balaban J connectivity index is 2.72. The maximum Gasteiger partial charge on any atom is 0.356 e. The maximum absolute atomic E-state index is 11.4. The van der Waals surface area contributed by atoms with Gasteiger partial charge in [0.2, 0.25) is 0 Å². The summed E-state index contributed by atoms with van der Waals surface area (Å²) in [5, 5.41) is 0.750. The third kappa shape index (κ3) is 1.37. The molecule has 0 aliphatic rings. The van der Waals surface area contributed by atoms with Crippen LogP contribution in [-0.2, 0) is 4.74 Å². The fourth-order valence-electron chi connectivity index (χ4n) is 1.64. The first-order chi connectivity index (χ1) is 7.69. The van der Waals surface area contributed by atoms with Gasteiger partial charge in [0.05, 0.1) is 25.4 Å². The minimum Gasteiger partial charge on any atom is -0.495 e. The monoisotopic (exact) mass is 220 g/mol. The van der Waals surface area contributed by atoms with Crippen LogP contribution >= 0.6 is 0 Å². The number of nitrogens with two attached hydrogens (primary N) is 1. The van der Waals surface area contributed by atoms with Crippen molar-refractivity contribution in [2.75, 3.05) is 20.0 Å². The Labute approximate surface area is 92.1 Å². The number of para-hydroxylation sites is 1. The van der Waals surface area contributed by atoms with Crippen molar-refractivity contribution in [3.63, 3.8) is 0 Å². The van der Waals surface area contributed by atoms with E-state index in [1.807, 2.05) is 12.1 Å². The lowest BCUT2D eigenvalue weighted by Crippen LogP contribution is -2.04. The van der Waals surface area contributed by atoms with Gasteiger partial charge < -0.3 is 20.2 Å². The van der Waals surface area contributed by atoms with E-state index in [1.165, 1.54) is 7.11 Å². The summed E-state index contributed by atoms with van der Waals surface area (Å²) >= 11 is 0. The van der Waals surface area contributed by atoms with E-state index < -0.39 is 5.97 Å². The van der Waals surface area contributed by atoms with Crippen molar-refractivity contribution >= 4 is 22.6 Å². The molecule has 1 heterocycles. The Kier molecular flexibility index (Phi) is 2.44. The lowest BCUT2D eigenvalue weighted by atomic mass is 10.2. The number of benzene rings is 1. The Bertz CT molecular complexity index is 545. The molecule has 0 atom stereocenters. The molecule has 0 aliphatic carbocycles. The van der Waals surface area contributed by atoms with Crippen LogP contribution in [0.2, 0.25) is 0 Å². The van der Waals surface area contributed by atoms with Crippen molar-refractivity contribution < 1.29 is 14.3 Å². The van der Waals surface area contributed by atoms with Crippen LogP contribution in [0.4, 0.5) is 5.69 Å². The van der Waals surface area contributed by atoms with Crippen LogP contribution in [0.3, 0.4) is 0 Å². The van der Waals surface area contributed by atoms with E-state index in [1.54, 1.807) is 13.2 Å². The number of carbonyl (C=O) groups excluding carboxylic acids is 1. The topological polar surface area (TPSA) is 77.3 Å². The molecule has 0 unspecified atom stereocenters. The number of hydrogen-bond acceptors (Lipinski definition) is 4. The van der Waals surface area contributed by atoms with Crippen LogP contribution in [0.15, 0.2) is 18.2 Å². The highest BCUT2D eigenvalue weighted by atomic mass is 16.5. The van der Waals surface area contributed by atoms with E-state index >= 15 is 0 Å². The first-order valence-electron chi connectivity index (χ1n) is 4.71. The van der Waals surface area contributed by atoms with Crippen LogP contribution in [0.5, 0.6) is 5.75 Å². The number of ether oxygens (including phenoxy) is 2. The van der Waals surface area contributed by atoms with Crippen LogP contribution in [0.25, 0.3) is 10.9 Å². The number of aromatic nitrogens is 1. The van der Waals surface area contributed by atoms with Crippen molar-refractivity contribution in [3.05, 3.63) is 23.9 Å². The predicted octanol–water partition coefficient (Wildman–Crippen LogP) is 1.55. The highest BCUT2D eigenvalue weighted by molar-refractivity contribution is 6.06. The third-order valence-electron chi connectivity index (χ3n) is 2.45. The summed E-state index contributed by atoms with van der Waals surface area (Å²) in [6.07, 6.45) is 0. The molecule has 0 radical (unpaired) electrons. The van der Waals surface area contributed by atoms with Crippen molar-refractivity contribution in [2.45, 2.75) is 0 Å². The molecule has 0 fully saturated rings. The molecule has 0 amide bonds. The van der Waals surface area contributed by atoms with Gasteiger partial charge in [0.15, 0.2) is 0 Å². The normalized spacial score (nSPS) is 10.4. The number of rotatable bonds is 2. The minimum absolute atomic E-state index is 0.252. The quantitative estimate of drug-likeness (QED) is 0.752. The lowest BCUT2D eigenvalue weighted by molar-refractivity contribution is 0.0596. The molecule has 0 spiro atoms. The number of hydrogen-bond donors (Lipinski definition) is 2. The number of esters is 1. The number of nitrogen functional groups attached to an aromatic ring is 1. The second-order valence-corrected chi connectivity index (χ2v) is 3.29. The van der Waals surface area contributed by atoms with Crippen LogP contribution < -0.4 is 10.5 Å². The maximum atomic E-state index is 11.4. The van der Waals surface area contributed by atoms with Gasteiger partial charge in [-0.15, -0.1) is 0 Å². The molecule has 3 N–H and O–H groups in total. The lowest BCUT2D eigenvalue weighted by Gasteiger charge is -1.99. The largest absolute Gasteiger partial charge is 0.495 e. The summed E-state index contributed by atoms with van der Waals surface area (Å²) in [6.45, 7) is 0. The summed E-state index contributed by atoms with van der Waals surface area (Å²) in [5.74, 6) is 0.148. The molecule has 0 saturated carbocycles. The highest BCUT2D eigenvalue weighted by Crippen LogP contribution is 2.31. The molecule has 0 aliphatic heterocycles. The van der Waals surface area contributed by atoms with Gasteiger partial charge in [-0.3, -0.25) is 0 Å². The van der Waals surface area contributed by atoms with E-state index in [2.05, 4.69) is 9.72 Å². The summed E-state index contributed by atoms with van der Waals surface area (Å²) < 4.78 is 9.80. The van der Waals surface area contributed by atoms with E-state index in [4.69, 9.17) is 10.5 Å². The predicted molar refractivity (Wildman–Crippen MR) is 60.6 cm³/mol. The van der Waals surface area contributed by atoms with Gasteiger partial charge in [0.1, 0.15) is 11.4 Å². The number of nitrogens with one attached hydrogen (secondary N) is 1. The van der Waals surface area contributed by atoms with Crippen molar-refractivity contribution in [1.29, 1.82) is 0 Å². The first kappa shape index (κ1) is 10.4. The molecule has 1 aromatic carbocycles. The Hall–Kier alpha value is -2.17. The zero-order valence-electron chi connectivity index (χ0n) is 9.03. The van der Waals surface area contributed by atoms with Gasteiger partial charge in [-0.05, 0) is 6.07 Å².